The summed E-state index contributed by atoms with van der Waals surface area (Å²) in [4.78, 5) is 0. The van der Waals surface area contributed by atoms with Crippen molar-refractivity contribution in [3.8, 4) is 5.75 Å². The number of rotatable bonds is 8. The molecule has 0 aliphatic carbocycles. The van der Waals surface area contributed by atoms with Crippen molar-refractivity contribution in [3.05, 3.63) is 29.8 Å². The van der Waals surface area contributed by atoms with E-state index in [1.807, 2.05) is 38.1 Å². The van der Waals surface area contributed by atoms with Crippen LogP contribution in [0.3, 0.4) is 0 Å². The quantitative estimate of drug-likeness (QED) is 0.724. The van der Waals surface area contributed by atoms with Crippen molar-refractivity contribution in [2.24, 2.45) is 0 Å². The van der Waals surface area contributed by atoms with Crippen molar-refractivity contribution < 1.29 is 19.3 Å². The first kappa shape index (κ1) is 15.0. The third-order valence-corrected chi connectivity index (χ3v) is 2.45. The zero-order chi connectivity index (χ0) is 13.4. The van der Waals surface area contributed by atoms with Crippen LogP contribution in [-0.4, -0.2) is 31.2 Å². The molecular weight excluding hydrogens is 232 g/mol. The fourth-order valence-electron chi connectivity index (χ4n) is 1.52. The lowest BCUT2D eigenvalue weighted by atomic mass is 10.1. The summed E-state index contributed by atoms with van der Waals surface area (Å²) >= 11 is 0. The van der Waals surface area contributed by atoms with Crippen LogP contribution in [0.1, 0.15) is 32.4 Å². The predicted molar refractivity (Wildman–Crippen MR) is 69.6 cm³/mol. The van der Waals surface area contributed by atoms with Gasteiger partial charge >= 0.3 is 0 Å². The number of aliphatic hydroxyl groups excluding tert-OH is 1. The van der Waals surface area contributed by atoms with Crippen molar-refractivity contribution in [2.45, 2.75) is 33.2 Å². The van der Waals surface area contributed by atoms with E-state index < -0.39 is 6.10 Å². The maximum absolute atomic E-state index is 9.39. The molecule has 4 nitrogen and oxygen atoms in total. The zero-order valence-electron chi connectivity index (χ0n) is 11.3. The Morgan fingerprint density at radius 3 is 2.06 bits per heavy atom. The highest BCUT2D eigenvalue weighted by Crippen LogP contribution is 2.17. The summed E-state index contributed by atoms with van der Waals surface area (Å²) in [5.74, 6) is 0.740. The SMILES string of the molecule is CCOC(COc1ccc([C@@H](C)O)cc1)OCC. The van der Waals surface area contributed by atoms with E-state index in [4.69, 9.17) is 14.2 Å². The standard InChI is InChI=1S/C14H22O4/c1-4-16-14(17-5-2)10-18-13-8-6-12(7-9-13)11(3)15/h6-9,11,14-15H,4-5,10H2,1-3H3/t11-/m1/s1. The number of ether oxygens (including phenoxy) is 3. The number of hydrogen-bond donors (Lipinski definition) is 1. The second-order valence-electron chi connectivity index (χ2n) is 3.90. The van der Waals surface area contributed by atoms with Crippen molar-refractivity contribution in [3.63, 3.8) is 0 Å². The van der Waals surface area contributed by atoms with Crippen LogP contribution in [0.5, 0.6) is 5.75 Å². The Labute approximate surface area is 108 Å². The molecule has 1 aromatic carbocycles. The lowest BCUT2D eigenvalue weighted by Crippen LogP contribution is -2.25. The average molecular weight is 254 g/mol. The van der Waals surface area contributed by atoms with E-state index in [9.17, 15) is 5.11 Å². The summed E-state index contributed by atoms with van der Waals surface area (Å²) < 4.78 is 16.3. The second kappa shape index (κ2) is 8.08. The maximum atomic E-state index is 9.39. The molecule has 18 heavy (non-hydrogen) atoms. The zero-order valence-corrected chi connectivity index (χ0v) is 11.3. The Morgan fingerprint density at radius 1 is 1.06 bits per heavy atom. The highest BCUT2D eigenvalue weighted by atomic mass is 16.7. The van der Waals surface area contributed by atoms with Crippen molar-refractivity contribution in [1.29, 1.82) is 0 Å². The fourth-order valence-corrected chi connectivity index (χ4v) is 1.52. The molecule has 1 N–H and O–H groups in total. The molecule has 0 unspecified atom stereocenters. The Balaban J connectivity index is 2.46. The molecule has 0 radical (unpaired) electrons. The molecule has 0 aromatic heterocycles. The smallest absolute Gasteiger partial charge is 0.191 e. The van der Waals surface area contributed by atoms with Crippen LogP contribution in [0, 0.1) is 0 Å². The molecule has 0 saturated heterocycles. The van der Waals surface area contributed by atoms with Crippen molar-refractivity contribution in [1.82, 2.24) is 0 Å². The van der Waals surface area contributed by atoms with Gasteiger partial charge in [0, 0.05) is 13.2 Å². The van der Waals surface area contributed by atoms with Gasteiger partial charge in [0.15, 0.2) is 6.29 Å². The molecule has 1 rings (SSSR count). The molecule has 0 spiro atoms. The molecule has 102 valence electrons. The van der Waals surface area contributed by atoms with E-state index in [0.29, 0.717) is 19.8 Å². The minimum absolute atomic E-state index is 0.337. The van der Waals surface area contributed by atoms with Crippen LogP contribution in [0.15, 0.2) is 24.3 Å². The number of benzene rings is 1. The number of hydrogen-bond acceptors (Lipinski definition) is 4. The summed E-state index contributed by atoms with van der Waals surface area (Å²) in [5, 5.41) is 9.39. The fraction of sp³-hybridized carbons (Fsp3) is 0.571. The van der Waals surface area contributed by atoms with E-state index >= 15 is 0 Å². The monoisotopic (exact) mass is 254 g/mol. The predicted octanol–water partition coefficient (Wildman–Crippen LogP) is 2.52. The van der Waals surface area contributed by atoms with E-state index in [0.717, 1.165) is 11.3 Å². The molecule has 4 heteroatoms. The Morgan fingerprint density at radius 2 is 1.61 bits per heavy atom. The Kier molecular flexibility index (Phi) is 6.72. The molecule has 1 atom stereocenters. The van der Waals surface area contributed by atoms with Gasteiger partial charge in [0.1, 0.15) is 12.4 Å². The van der Waals surface area contributed by atoms with Gasteiger partial charge in [0.05, 0.1) is 6.10 Å². The van der Waals surface area contributed by atoms with Crippen LogP contribution >= 0.6 is 0 Å². The molecule has 0 aliphatic heterocycles. The molecule has 0 saturated carbocycles. The highest BCUT2D eigenvalue weighted by Gasteiger charge is 2.09. The van der Waals surface area contributed by atoms with Crippen LogP contribution in [0.25, 0.3) is 0 Å². The van der Waals surface area contributed by atoms with E-state index in [1.165, 1.54) is 0 Å². The first-order chi connectivity index (χ1) is 8.67. The van der Waals surface area contributed by atoms with Gasteiger partial charge in [-0.3, -0.25) is 0 Å². The Hall–Kier alpha value is -1.10. The van der Waals surface area contributed by atoms with Gasteiger partial charge < -0.3 is 19.3 Å². The van der Waals surface area contributed by atoms with Crippen molar-refractivity contribution >= 4 is 0 Å². The van der Waals surface area contributed by atoms with Crippen molar-refractivity contribution in [2.75, 3.05) is 19.8 Å². The third kappa shape index (κ3) is 5.04. The summed E-state index contributed by atoms with van der Waals surface area (Å²) in [7, 11) is 0. The van der Waals surface area contributed by atoms with Gasteiger partial charge in [-0.15, -0.1) is 0 Å². The van der Waals surface area contributed by atoms with Crippen LogP contribution in [0.4, 0.5) is 0 Å². The molecule has 0 fully saturated rings. The molecule has 1 aromatic rings. The van der Waals surface area contributed by atoms with Crippen LogP contribution in [0.2, 0.25) is 0 Å². The van der Waals surface area contributed by atoms with Gasteiger partial charge in [0.2, 0.25) is 0 Å². The van der Waals surface area contributed by atoms with Gasteiger partial charge in [-0.05, 0) is 38.5 Å². The maximum Gasteiger partial charge on any atom is 0.191 e. The minimum atomic E-state index is -0.460. The largest absolute Gasteiger partial charge is 0.488 e. The van der Waals surface area contributed by atoms with Gasteiger partial charge in [-0.25, -0.2) is 0 Å². The lowest BCUT2D eigenvalue weighted by Gasteiger charge is -2.17. The van der Waals surface area contributed by atoms with Gasteiger partial charge in [-0.2, -0.15) is 0 Å². The topological polar surface area (TPSA) is 47.9 Å². The van der Waals surface area contributed by atoms with Gasteiger partial charge in [-0.1, -0.05) is 12.1 Å². The summed E-state index contributed by atoms with van der Waals surface area (Å²) in [6.07, 6.45) is -0.796. The molecule has 0 heterocycles. The minimum Gasteiger partial charge on any atom is -0.488 e. The summed E-state index contributed by atoms with van der Waals surface area (Å²) in [6, 6.07) is 7.35. The van der Waals surface area contributed by atoms with E-state index in [2.05, 4.69) is 0 Å². The average Bonchev–Trinajstić information content (AvgIpc) is 2.37. The molecule has 0 aliphatic rings. The van der Waals surface area contributed by atoms with E-state index in [-0.39, 0.29) is 6.29 Å². The highest BCUT2D eigenvalue weighted by molar-refractivity contribution is 5.28. The number of aliphatic hydroxyl groups is 1. The van der Waals surface area contributed by atoms with Gasteiger partial charge in [0.25, 0.3) is 0 Å². The normalized spacial score (nSPS) is 12.7. The summed E-state index contributed by atoms with van der Waals surface area (Å²) in [5.41, 5.74) is 0.869. The first-order valence-electron chi connectivity index (χ1n) is 6.31. The lowest BCUT2D eigenvalue weighted by molar-refractivity contribution is -0.152. The molecule has 0 bridgehead atoms. The first-order valence-corrected chi connectivity index (χ1v) is 6.31. The molecular formula is C14H22O4. The third-order valence-electron chi connectivity index (χ3n) is 2.45. The molecule has 0 amide bonds. The summed E-state index contributed by atoms with van der Waals surface area (Å²) in [6.45, 7) is 7.11. The van der Waals surface area contributed by atoms with E-state index in [1.54, 1.807) is 6.92 Å². The van der Waals surface area contributed by atoms with Crippen LogP contribution < -0.4 is 4.74 Å². The van der Waals surface area contributed by atoms with Crippen LogP contribution in [-0.2, 0) is 9.47 Å². The second-order valence-corrected chi connectivity index (χ2v) is 3.90. The Bertz CT molecular complexity index is 315.